The zero-order chi connectivity index (χ0) is 10.1. The Morgan fingerprint density at radius 3 is 2.86 bits per heavy atom. The monoisotopic (exact) mass is 194 g/mol. The minimum Gasteiger partial charge on any atom is -0.494 e. The molecule has 0 aliphatic heterocycles. The minimum absolute atomic E-state index is 0.236. The van der Waals surface area contributed by atoms with Gasteiger partial charge in [-0.2, -0.15) is 0 Å². The van der Waals surface area contributed by atoms with Gasteiger partial charge in [0.2, 0.25) is 0 Å². The standard InChI is InChI=1S/C12H15FO/c1-8-3-4-9-7-12(14-2)11(13)6-10(9)5-8/h6-8H,3-5H2,1-2H3. The Labute approximate surface area is 83.9 Å². The van der Waals surface area contributed by atoms with Crippen LogP contribution in [0.25, 0.3) is 0 Å². The van der Waals surface area contributed by atoms with Crippen LogP contribution < -0.4 is 4.74 Å². The van der Waals surface area contributed by atoms with Crippen LogP contribution in [0.15, 0.2) is 12.1 Å². The van der Waals surface area contributed by atoms with Crippen molar-refractivity contribution < 1.29 is 9.13 Å². The van der Waals surface area contributed by atoms with Gasteiger partial charge in [-0.15, -0.1) is 0 Å². The highest BCUT2D eigenvalue weighted by molar-refractivity contribution is 5.38. The molecule has 0 heterocycles. The molecule has 1 aromatic carbocycles. The van der Waals surface area contributed by atoms with Crippen molar-refractivity contribution in [2.75, 3.05) is 7.11 Å². The number of halogens is 1. The van der Waals surface area contributed by atoms with E-state index < -0.39 is 0 Å². The Hall–Kier alpha value is -1.05. The van der Waals surface area contributed by atoms with Crippen molar-refractivity contribution in [2.45, 2.75) is 26.2 Å². The van der Waals surface area contributed by atoms with Crippen molar-refractivity contribution in [3.63, 3.8) is 0 Å². The first kappa shape index (κ1) is 9.50. The van der Waals surface area contributed by atoms with Gasteiger partial charge in [-0.1, -0.05) is 6.92 Å². The molecule has 0 N–H and O–H groups in total. The second-order valence-electron chi connectivity index (χ2n) is 4.10. The fourth-order valence-electron chi connectivity index (χ4n) is 2.10. The third-order valence-corrected chi connectivity index (χ3v) is 2.95. The fourth-order valence-corrected chi connectivity index (χ4v) is 2.10. The highest BCUT2D eigenvalue weighted by atomic mass is 19.1. The predicted octanol–water partition coefficient (Wildman–Crippen LogP) is 2.96. The van der Waals surface area contributed by atoms with Crippen molar-refractivity contribution in [1.82, 2.24) is 0 Å². The molecule has 2 heteroatoms. The molecule has 1 nitrogen and oxygen atoms in total. The summed E-state index contributed by atoms with van der Waals surface area (Å²) in [7, 11) is 1.51. The first-order valence-corrected chi connectivity index (χ1v) is 5.06. The summed E-state index contributed by atoms with van der Waals surface area (Å²) in [6.45, 7) is 2.21. The number of rotatable bonds is 1. The lowest BCUT2D eigenvalue weighted by Crippen LogP contribution is -2.11. The molecule has 1 aromatic rings. The van der Waals surface area contributed by atoms with E-state index in [-0.39, 0.29) is 5.82 Å². The SMILES string of the molecule is COc1cc2c(cc1F)CC(C)CC2. The summed E-state index contributed by atoms with van der Waals surface area (Å²) in [6.07, 6.45) is 3.24. The van der Waals surface area contributed by atoms with Crippen molar-refractivity contribution in [2.24, 2.45) is 5.92 Å². The average molecular weight is 194 g/mol. The van der Waals surface area contributed by atoms with Gasteiger partial charge >= 0.3 is 0 Å². The number of ether oxygens (including phenoxy) is 1. The van der Waals surface area contributed by atoms with Crippen LogP contribution >= 0.6 is 0 Å². The second-order valence-corrected chi connectivity index (χ2v) is 4.10. The first-order valence-electron chi connectivity index (χ1n) is 5.06. The van der Waals surface area contributed by atoms with Crippen molar-refractivity contribution in [3.05, 3.63) is 29.1 Å². The minimum atomic E-state index is -0.236. The number of hydrogen-bond acceptors (Lipinski definition) is 1. The van der Waals surface area contributed by atoms with Crippen LogP contribution in [0.4, 0.5) is 4.39 Å². The Bertz CT molecular complexity index is 346. The van der Waals surface area contributed by atoms with E-state index in [9.17, 15) is 4.39 Å². The van der Waals surface area contributed by atoms with Crippen LogP contribution in [0.2, 0.25) is 0 Å². The quantitative estimate of drug-likeness (QED) is 0.667. The number of fused-ring (bicyclic) bond motifs is 1. The lowest BCUT2D eigenvalue weighted by Gasteiger charge is -2.22. The summed E-state index contributed by atoms with van der Waals surface area (Å²) < 4.78 is 18.3. The Morgan fingerprint density at radius 1 is 1.36 bits per heavy atom. The van der Waals surface area contributed by atoms with E-state index in [1.807, 2.05) is 6.07 Å². The topological polar surface area (TPSA) is 9.23 Å². The van der Waals surface area contributed by atoms with E-state index in [2.05, 4.69) is 6.92 Å². The normalized spacial score (nSPS) is 20.4. The molecule has 0 amide bonds. The number of hydrogen-bond donors (Lipinski definition) is 0. The largest absolute Gasteiger partial charge is 0.494 e. The molecule has 1 atom stereocenters. The fraction of sp³-hybridized carbons (Fsp3) is 0.500. The third kappa shape index (κ3) is 1.61. The molecule has 1 aliphatic rings. The smallest absolute Gasteiger partial charge is 0.165 e. The van der Waals surface area contributed by atoms with Crippen LogP contribution in [0, 0.1) is 11.7 Å². The lowest BCUT2D eigenvalue weighted by molar-refractivity contribution is 0.383. The van der Waals surface area contributed by atoms with Gasteiger partial charge in [0.05, 0.1) is 7.11 Å². The van der Waals surface area contributed by atoms with E-state index in [1.165, 1.54) is 19.1 Å². The van der Waals surface area contributed by atoms with Gasteiger partial charge in [0.25, 0.3) is 0 Å². The third-order valence-electron chi connectivity index (χ3n) is 2.95. The van der Waals surface area contributed by atoms with Crippen molar-refractivity contribution in [1.29, 1.82) is 0 Å². The molecule has 0 saturated heterocycles. The predicted molar refractivity (Wildman–Crippen MR) is 54.1 cm³/mol. The number of benzene rings is 1. The van der Waals surface area contributed by atoms with Crippen LogP contribution in [0.1, 0.15) is 24.5 Å². The highest BCUT2D eigenvalue weighted by Gasteiger charge is 2.17. The van der Waals surface area contributed by atoms with Gasteiger partial charge in [0, 0.05) is 0 Å². The van der Waals surface area contributed by atoms with E-state index >= 15 is 0 Å². The van der Waals surface area contributed by atoms with Crippen LogP contribution in [-0.2, 0) is 12.8 Å². The molecule has 1 unspecified atom stereocenters. The van der Waals surface area contributed by atoms with E-state index in [0.29, 0.717) is 11.7 Å². The first-order chi connectivity index (χ1) is 6.70. The maximum Gasteiger partial charge on any atom is 0.165 e. The van der Waals surface area contributed by atoms with Crippen molar-refractivity contribution >= 4 is 0 Å². The van der Waals surface area contributed by atoms with E-state index in [1.54, 1.807) is 6.07 Å². The molecule has 0 fully saturated rings. The molecule has 2 rings (SSSR count). The molecule has 1 aliphatic carbocycles. The van der Waals surface area contributed by atoms with Gasteiger partial charge in [-0.05, 0) is 48.4 Å². The summed E-state index contributed by atoms with van der Waals surface area (Å²) in [5, 5.41) is 0. The summed E-state index contributed by atoms with van der Waals surface area (Å²) in [5.41, 5.74) is 2.41. The molecule has 0 aromatic heterocycles. The molecule has 0 radical (unpaired) electrons. The molecule has 0 bridgehead atoms. The molecule has 14 heavy (non-hydrogen) atoms. The summed E-state index contributed by atoms with van der Waals surface area (Å²) >= 11 is 0. The average Bonchev–Trinajstić information content (AvgIpc) is 2.16. The van der Waals surface area contributed by atoms with Gasteiger partial charge in [0.1, 0.15) is 0 Å². The highest BCUT2D eigenvalue weighted by Crippen LogP contribution is 2.30. The molecule has 0 spiro atoms. The Kier molecular flexibility index (Phi) is 2.44. The zero-order valence-corrected chi connectivity index (χ0v) is 8.64. The second kappa shape index (κ2) is 3.60. The molecule has 76 valence electrons. The van der Waals surface area contributed by atoms with Gasteiger partial charge in [-0.25, -0.2) is 4.39 Å². The summed E-state index contributed by atoms with van der Waals surface area (Å²) in [6, 6.07) is 3.47. The van der Waals surface area contributed by atoms with E-state index in [4.69, 9.17) is 4.74 Å². The number of aryl methyl sites for hydroxylation is 1. The Balaban J connectivity index is 2.40. The lowest BCUT2D eigenvalue weighted by atomic mass is 9.85. The van der Waals surface area contributed by atoms with Gasteiger partial charge in [-0.3, -0.25) is 0 Å². The van der Waals surface area contributed by atoms with Gasteiger partial charge < -0.3 is 4.74 Å². The van der Waals surface area contributed by atoms with E-state index in [0.717, 1.165) is 18.4 Å². The van der Waals surface area contributed by atoms with Crippen LogP contribution in [0.5, 0.6) is 5.75 Å². The number of methoxy groups -OCH3 is 1. The maximum atomic E-state index is 13.4. The zero-order valence-electron chi connectivity index (χ0n) is 8.64. The van der Waals surface area contributed by atoms with Crippen LogP contribution in [-0.4, -0.2) is 7.11 Å². The molecule has 0 saturated carbocycles. The maximum absolute atomic E-state index is 13.4. The Morgan fingerprint density at radius 2 is 2.14 bits per heavy atom. The van der Waals surface area contributed by atoms with Crippen LogP contribution in [0.3, 0.4) is 0 Å². The molecular formula is C12H15FO. The van der Waals surface area contributed by atoms with Crippen molar-refractivity contribution in [3.8, 4) is 5.75 Å². The molecular weight excluding hydrogens is 179 g/mol. The van der Waals surface area contributed by atoms with Gasteiger partial charge in [0.15, 0.2) is 11.6 Å². The summed E-state index contributed by atoms with van der Waals surface area (Å²) in [4.78, 5) is 0. The summed E-state index contributed by atoms with van der Waals surface area (Å²) in [5.74, 6) is 0.814.